The lowest BCUT2D eigenvalue weighted by Crippen LogP contribution is -2.32. The van der Waals surface area contributed by atoms with E-state index in [1.54, 1.807) is 30.6 Å². The first-order chi connectivity index (χ1) is 18.3. The van der Waals surface area contributed by atoms with Gasteiger partial charge in [-0.3, -0.25) is 0 Å². The summed E-state index contributed by atoms with van der Waals surface area (Å²) < 4.78 is 12.3. The SMILES string of the molecule is COc1c(O)ccc2c1-c1ccc3c(c1C(=Cc1sccc1CNc1ccccc1)O2)C(C)=CC(C)(C)N3. The van der Waals surface area contributed by atoms with Crippen LogP contribution in [0.4, 0.5) is 11.4 Å². The van der Waals surface area contributed by atoms with Gasteiger partial charge in [-0.15, -0.1) is 11.3 Å². The van der Waals surface area contributed by atoms with E-state index in [9.17, 15) is 5.11 Å². The number of hydrogen-bond acceptors (Lipinski definition) is 6. The summed E-state index contributed by atoms with van der Waals surface area (Å²) in [7, 11) is 1.58. The lowest BCUT2D eigenvalue weighted by molar-refractivity contribution is 0.371. The number of allylic oxidation sites excluding steroid dienone is 1. The van der Waals surface area contributed by atoms with Crippen LogP contribution >= 0.6 is 11.3 Å². The highest BCUT2D eigenvalue weighted by Gasteiger charge is 2.33. The van der Waals surface area contributed by atoms with E-state index in [4.69, 9.17) is 9.47 Å². The summed E-state index contributed by atoms with van der Waals surface area (Å²) in [5, 5.41) is 19.9. The van der Waals surface area contributed by atoms with E-state index in [0.29, 0.717) is 18.0 Å². The Bertz CT molecular complexity index is 1600. The fourth-order valence-corrected chi connectivity index (χ4v) is 6.29. The van der Waals surface area contributed by atoms with Crippen LogP contribution in [0.1, 0.15) is 42.3 Å². The summed E-state index contributed by atoms with van der Waals surface area (Å²) in [5.74, 6) is 1.93. The molecule has 0 unspecified atom stereocenters. The Morgan fingerprint density at radius 3 is 2.63 bits per heavy atom. The third kappa shape index (κ3) is 4.21. The quantitative estimate of drug-likeness (QED) is 0.246. The van der Waals surface area contributed by atoms with Crippen molar-refractivity contribution in [1.82, 2.24) is 0 Å². The lowest BCUT2D eigenvalue weighted by atomic mass is 9.83. The van der Waals surface area contributed by atoms with Gasteiger partial charge in [0, 0.05) is 39.5 Å². The fourth-order valence-electron chi connectivity index (χ4n) is 5.44. The summed E-state index contributed by atoms with van der Waals surface area (Å²) in [6, 6.07) is 20.0. The zero-order valence-electron chi connectivity index (χ0n) is 21.9. The number of rotatable bonds is 5. The van der Waals surface area contributed by atoms with Crippen molar-refractivity contribution in [3.05, 3.63) is 93.7 Å². The molecule has 0 atom stereocenters. The van der Waals surface area contributed by atoms with Gasteiger partial charge < -0.3 is 25.2 Å². The minimum atomic E-state index is -0.164. The number of phenolic OH excluding ortho intramolecular Hbond substituents is 1. The number of hydrogen-bond donors (Lipinski definition) is 3. The lowest BCUT2D eigenvalue weighted by Gasteiger charge is -2.35. The molecule has 3 aromatic carbocycles. The number of methoxy groups -OCH3 is 1. The highest BCUT2D eigenvalue weighted by Crippen LogP contribution is 2.54. The van der Waals surface area contributed by atoms with Crippen LogP contribution in [0.5, 0.6) is 17.2 Å². The molecule has 0 aliphatic carbocycles. The van der Waals surface area contributed by atoms with Crippen molar-refractivity contribution in [2.45, 2.75) is 32.9 Å². The maximum absolute atomic E-state index is 10.6. The molecule has 3 N–H and O–H groups in total. The first kappa shape index (κ1) is 24.2. The predicted octanol–water partition coefficient (Wildman–Crippen LogP) is 8.24. The van der Waals surface area contributed by atoms with Crippen LogP contribution in [-0.4, -0.2) is 17.8 Å². The molecule has 38 heavy (non-hydrogen) atoms. The number of benzene rings is 3. The van der Waals surface area contributed by atoms with Gasteiger partial charge >= 0.3 is 0 Å². The Morgan fingerprint density at radius 1 is 1.03 bits per heavy atom. The molecule has 3 heterocycles. The molecule has 0 saturated heterocycles. The number of para-hydroxylation sites is 1. The first-order valence-electron chi connectivity index (χ1n) is 12.6. The van der Waals surface area contributed by atoms with Gasteiger partial charge in [-0.1, -0.05) is 30.3 Å². The van der Waals surface area contributed by atoms with Gasteiger partial charge in [0.05, 0.1) is 18.2 Å². The van der Waals surface area contributed by atoms with Gasteiger partial charge in [0.2, 0.25) is 0 Å². The van der Waals surface area contributed by atoms with Crippen LogP contribution in [0.15, 0.2) is 72.1 Å². The van der Waals surface area contributed by atoms with Crippen molar-refractivity contribution in [3.63, 3.8) is 0 Å². The molecular weight excluding hydrogens is 492 g/mol. The molecule has 2 aliphatic heterocycles. The Labute approximate surface area is 227 Å². The molecule has 1 aromatic heterocycles. The molecule has 6 rings (SSSR count). The van der Waals surface area contributed by atoms with Crippen LogP contribution in [0.25, 0.3) is 28.5 Å². The molecule has 0 bridgehead atoms. The van der Waals surface area contributed by atoms with Gasteiger partial charge in [-0.05, 0) is 79.8 Å². The monoisotopic (exact) mass is 522 g/mol. The standard InChI is InChI=1S/C32H30N2O3S/c1-19-17-32(2,3)34-23-11-10-22-29(28(19)23)26(37-25-13-12-24(35)31(36-4)30(22)25)16-27-20(14-15-38-27)18-33-21-8-6-5-7-9-21/h5-17,33-35H,18H2,1-4H3. The van der Waals surface area contributed by atoms with Crippen LogP contribution < -0.4 is 20.1 Å². The van der Waals surface area contributed by atoms with Crippen LogP contribution in [-0.2, 0) is 6.54 Å². The highest BCUT2D eigenvalue weighted by atomic mass is 32.1. The van der Waals surface area contributed by atoms with E-state index >= 15 is 0 Å². The zero-order chi connectivity index (χ0) is 26.4. The Morgan fingerprint density at radius 2 is 1.84 bits per heavy atom. The molecule has 4 aromatic rings. The Kier molecular flexibility index (Phi) is 5.92. The van der Waals surface area contributed by atoms with E-state index in [2.05, 4.69) is 79.3 Å². The second-order valence-corrected chi connectivity index (χ2v) is 11.2. The smallest absolute Gasteiger partial charge is 0.172 e. The molecule has 0 amide bonds. The van der Waals surface area contributed by atoms with Crippen LogP contribution in [0.2, 0.25) is 0 Å². The van der Waals surface area contributed by atoms with E-state index < -0.39 is 0 Å². The maximum Gasteiger partial charge on any atom is 0.172 e. The van der Waals surface area contributed by atoms with Crippen LogP contribution in [0, 0.1) is 0 Å². The number of ether oxygens (including phenoxy) is 2. The van der Waals surface area contributed by atoms with Crippen molar-refractivity contribution in [3.8, 4) is 28.4 Å². The van der Waals surface area contributed by atoms with Crippen LogP contribution in [0.3, 0.4) is 0 Å². The molecule has 6 heteroatoms. The van der Waals surface area contributed by atoms with Gasteiger partial charge in [0.25, 0.3) is 0 Å². The number of thiophene rings is 1. The minimum Gasteiger partial charge on any atom is -0.504 e. The second-order valence-electron chi connectivity index (χ2n) is 10.2. The molecule has 0 radical (unpaired) electrons. The van der Waals surface area contributed by atoms with Crippen molar-refractivity contribution in [2.75, 3.05) is 17.7 Å². The summed E-state index contributed by atoms with van der Waals surface area (Å²) >= 11 is 1.69. The van der Waals surface area contributed by atoms with Gasteiger partial charge in [-0.2, -0.15) is 0 Å². The number of anilines is 2. The van der Waals surface area contributed by atoms with Crippen molar-refractivity contribution in [2.24, 2.45) is 0 Å². The second kappa shape index (κ2) is 9.30. The van der Waals surface area contributed by atoms with Gasteiger partial charge in [-0.25, -0.2) is 0 Å². The molecule has 0 spiro atoms. The predicted molar refractivity (Wildman–Crippen MR) is 158 cm³/mol. The Balaban J connectivity index is 1.51. The molecule has 0 saturated carbocycles. The largest absolute Gasteiger partial charge is 0.504 e. The number of nitrogens with one attached hydrogen (secondary N) is 2. The topological polar surface area (TPSA) is 62.8 Å². The van der Waals surface area contributed by atoms with E-state index in [-0.39, 0.29) is 11.3 Å². The molecular formula is C32H30N2O3S. The summed E-state index contributed by atoms with van der Waals surface area (Å²) in [6.07, 6.45) is 4.39. The van der Waals surface area contributed by atoms with E-state index in [0.717, 1.165) is 44.3 Å². The molecule has 2 aliphatic rings. The average molecular weight is 523 g/mol. The first-order valence-corrected chi connectivity index (χ1v) is 13.5. The van der Waals surface area contributed by atoms with Crippen molar-refractivity contribution in [1.29, 1.82) is 0 Å². The average Bonchev–Trinajstić information content (AvgIpc) is 3.34. The highest BCUT2D eigenvalue weighted by molar-refractivity contribution is 7.11. The number of fused-ring (bicyclic) bond motifs is 5. The van der Waals surface area contributed by atoms with E-state index in [1.165, 1.54) is 11.1 Å². The third-order valence-corrected chi connectivity index (χ3v) is 7.88. The summed E-state index contributed by atoms with van der Waals surface area (Å²) in [6.45, 7) is 7.19. The Hall–Kier alpha value is -4.16. The fraction of sp³-hybridized carbons (Fsp3) is 0.188. The maximum atomic E-state index is 10.6. The van der Waals surface area contributed by atoms with Crippen molar-refractivity contribution < 1.29 is 14.6 Å². The third-order valence-electron chi connectivity index (χ3n) is 6.97. The molecule has 5 nitrogen and oxygen atoms in total. The van der Waals surface area contributed by atoms with Gasteiger partial charge in [0.15, 0.2) is 11.5 Å². The van der Waals surface area contributed by atoms with E-state index in [1.807, 2.05) is 18.2 Å². The molecule has 0 fully saturated rings. The van der Waals surface area contributed by atoms with Crippen molar-refractivity contribution >= 4 is 40.1 Å². The molecule has 192 valence electrons. The number of aromatic hydroxyl groups is 1. The summed E-state index contributed by atoms with van der Waals surface area (Å²) in [4.78, 5) is 1.13. The zero-order valence-corrected chi connectivity index (χ0v) is 22.7. The van der Waals surface area contributed by atoms with Gasteiger partial charge in [0.1, 0.15) is 11.5 Å². The minimum absolute atomic E-state index is 0.0880. The number of phenols is 1. The normalized spacial score (nSPS) is 15.9. The summed E-state index contributed by atoms with van der Waals surface area (Å²) in [5.41, 5.74) is 8.18.